The van der Waals surface area contributed by atoms with Gasteiger partial charge in [-0.2, -0.15) is 4.31 Å². The minimum absolute atomic E-state index is 0.0271. The number of hydrogen-bond donors (Lipinski definition) is 1. The van der Waals surface area contributed by atoms with Crippen LogP contribution in [-0.2, 0) is 10.0 Å². The Balaban J connectivity index is 1.40. The number of fused-ring (bicyclic) bond motifs is 1. The standard InChI is InChI=1S/C24H25ClN2O4S/c25-21-12-11-19(17-23(21)32(29,30)27-14-4-1-5-15-27)24(28)26-13-16-31-22-10-6-8-18-7-2-3-9-20(18)22/h2-3,6-12,17H,1,4-5,13-16H2,(H,26,28). The van der Waals surface area contributed by atoms with Crippen molar-refractivity contribution in [3.63, 3.8) is 0 Å². The summed E-state index contributed by atoms with van der Waals surface area (Å²) in [7, 11) is -3.73. The fourth-order valence-corrected chi connectivity index (χ4v) is 5.85. The Labute approximate surface area is 193 Å². The first-order chi connectivity index (χ1) is 15.5. The van der Waals surface area contributed by atoms with Gasteiger partial charge in [0, 0.05) is 24.0 Å². The third-order valence-electron chi connectivity index (χ3n) is 5.52. The highest BCUT2D eigenvalue weighted by atomic mass is 35.5. The van der Waals surface area contributed by atoms with Crippen molar-refractivity contribution in [3.8, 4) is 5.75 Å². The van der Waals surface area contributed by atoms with E-state index in [2.05, 4.69) is 5.32 Å². The predicted octanol–water partition coefficient (Wildman–Crippen LogP) is 4.48. The van der Waals surface area contributed by atoms with Crippen LogP contribution in [0.15, 0.2) is 65.6 Å². The molecular formula is C24H25ClN2O4S. The molecular weight excluding hydrogens is 448 g/mol. The molecule has 3 aromatic carbocycles. The van der Waals surface area contributed by atoms with Crippen LogP contribution in [0.1, 0.15) is 29.6 Å². The van der Waals surface area contributed by atoms with Crippen LogP contribution in [0.25, 0.3) is 10.8 Å². The van der Waals surface area contributed by atoms with Crippen LogP contribution in [0.5, 0.6) is 5.75 Å². The first kappa shape index (κ1) is 22.6. The zero-order valence-corrected chi connectivity index (χ0v) is 19.2. The Morgan fingerprint density at radius 3 is 2.56 bits per heavy atom. The van der Waals surface area contributed by atoms with Gasteiger partial charge in [-0.3, -0.25) is 4.79 Å². The molecule has 1 N–H and O–H groups in total. The lowest BCUT2D eigenvalue weighted by atomic mass is 10.1. The third kappa shape index (κ3) is 4.90. The lowest BCUT2D eigenvalue weighted by molar-refractivity contribution is 0.0947. The maximum absolute atomic E-state index is 13.0. The number of benzene rings is 3. The van der Waals surface area contributed by atoms with Gasteiger partial charge < -0.3 is 10.1 Å². The van der Waals surface area contributed by atoms with E-state index in [1.54, 1.807) is 0 Å². The number of nitrogens with one attached hydrogen (secondary N) is 1. The van der Waals surface area contributed by atoms with Crippen LogP contribution in [0, 0.1) is 0 Å². The highest BCUT2D eigenvalue weighted by Gasteiger charge is 2.28. The van der Waals surface area contributed by atoms with Gasteiger partial charge in [0.05, 0.1) is 11.6 Å². The van der Waals surface area contributed by atoms with Crippen molar-refractivity contribution in [3.05, 3.63) is 71.2 Å². The molecule has 1 aliphatic rings. The smallest absolute Gasteiger partial charge is 0.251 e. The highest BCUT2D eigenvalue weighted by molar-refractivity contribution is 7.89. The number of hydrogen-bond acceptors (Lipinski definition) is 4. The summed E-state index contributed by atoms with van der Waals surface area (Å²) in [6, 6.07) is 18.1. The molecule has 6 nitrogen and oxygen atoms in total. The second kappa shape index (κ2) is 9.90. The van der Waals surface area contributed by atoms with E-state index in [0.717, 1.165) is 35.8 Å². The van der Waals surface area contributed by atoms with Crippen molar-refractivity contribution in [1.82, 2.24) is 9.62 Å². The number of piperidine rings is 1. The van der Waals surface area contributed by atoms with Crippen molar-refractivity contribution in [2.45, 2.75) is 24.2 Å². The van der Waals surface area contributed by atoms with Crippen molar-refractivity contribution < 1.29 is 17.9 Å². The Morgan fingerprint density at radius 1 is 1.00 bits per heavy atom. The lowest BCUT2D eigenvalue weighted by Crippen LogP contribution is -2.36. The summed E-state index contributed by atoms with van der Waals surface area (Å²) in [5, 5.41) is 4.98. The van der Waals surface area contributed by atoms with E-state index in [9.17, 15) is 13.2 Å². The first-order valence-electron chi connectivity index (χ1n) is 10.7. The quantitative estimate of drug-likeness (QED) is 0.514. The molecule has 0 aliphatic carbocycles. The van der Waals surface area contributed by atoms with Crippen LogP contribution in [-0.4, -0.2) is 44.9 Å². The van der Waals surface area contributed by atoms with Gasteiger partial charge in [0.15, 0.2) is 0 Å². The second-order valence-electron chi connectivity index (χ2n) is 7.69. The fourth-order valence-electron chi connectivity index (χ4n) is 3.84. The molecule has 0 aromatic heterocycles. The second-order valence-corrected chi connectivity index (χ2v) is 10.0. The molecule has 0 bridgehead atoms. The summed E-state index contributed by atoms with van der Waals surface area (Å²) in [4.78, 5) is 12.6. The van der Waals surface area contributed by atoms with Gasteiger partial charge in [0.2, 0.25) is 10.0 Å². The van der Waals surface area contributed by atoms with Gasteiger partial charge in [0.25, 0.3) is 5.91 Å². The van der Waals surface area contributed by atoms with Crippen LogP contribution in [0.3, 0.4) is 0 Å². The number of halogens is 1. The Hall–Kier alpha value is -2.61. The molecule has 8 heteroatoms. The molecule has 4 rings (SSSR count). The van der Waals surface area contributed by atoms with E-state index in [1.165, 1.54) is 22.5 Å². The van der Waals surface area contributed by atoms with Crippen molar-refractivity contribution in [2.75, 3.05) is 26.2 Å². The minimum Gasteiger partial charge on any atom is -0.491 e. The molecule has 0 unspecified atom stereocenters. The van der Waals surface area contributed by atoms with E-state index in [0.29, 0.717) is 13.1 Å². The first-order valence-corrected chi connectivity index (χ1v) is 12.5. The number of amides is 1. The van der Waals surface area contributed by atoms with Gasteiger partial charge >= 0.3 is 0 Å². The highest BCUT2D eigenvalue weighted by Crippen LogP contribution is 2.28. The number of nitrogens with zero attached hydrogens (tertiary/aromatic N) is 1. The maximum atomic E-state index is 13.0. The molecule has 1 saturated heterocycles. The van der Waals surface area contributed by atoms with Crippen molar-refractivity contribution in [1.29, 1.82) is 0 Å². The minimum atomic E-state index is -3.73. The van der Waals surface area contributed by atoms with Gasteiger partial charge in [-0.1, -0.05) is 54.4 Å². The largest absolute Gasteiger partial charge is 0.491 e. The summed E-state index contributed by atoms with van der Waals surface area (Å²) in [5.74, 6) is 0.372. The molecule has 32 heavy (non-hydrogen) atoms. The summed E-state index contributed by atoms with van der Waals surface area (Å²) in [6.45, 7) is 1.51. The molecule has 0 radical (unpaired) electrons. The average molecular weight is 473 g/mol. The van der Waals surface area contributed by atoms with Crippen molar-refractivity contribution in [2.24, 2.45) is 0 Å². The SMILES string of the molecule is O=C(NCCOc1cccc2ccccc12)c1ccc(Cl)c(S(=O)(=O)N2CCCCC2)c1. The molecule has 1 fully saturated rings. The molecule has 168 valence electrons. The van der Waals surface area contributed by atoms with Crippen LogP contribution >= 0.6 is 11.6 Å². The number of rotatable bonds is 7. The summed E-state index contributed by atoms with van der Waals surface area (Å²) in [6.07, 6.45) is 2.67. The predicted molar refractivity (Wildman–Crippen MR) is 126 cm³/mol. The zero-order valence-electron chi connectivity index (χ0n) is 17.6. The van der Waals surface area contributed by atoms with E-state index in [-0.39, 0.29) is 34.5 Å². The lowest BCUT2D eigenvalue weighted by Gasteiger charge is -2.26. The molecule has 1 heterocycles. The number of sulfonamides is 1. The normalized spacial score (nSPS) is 14.9. The van der Waals surface area contributed by atoms with Gasteiger partial charge in [-0.15, -0.1) is 0 Å². The summed E-state index contributed by atoms with van der Waals surface area (Å²) in [5.41, 5.74) is 0.246. The summed E-state index contributed by atoms with van der Waals surface area (Å²) < 4.78 is 33.3. The van der Waals surface area contributed by atoms with Gasteiger partial charge in [-0.25, -0.2) is 8.42 Å². The Morgan fingerprint density at radius 2 is 1.75 bits per heavy atom. The van der Waals surface area contributed by atoms with Gasteiger partial charge in [-0.05, 0) is 42.5 Å². The molecule has 0 atom stereocenters. The van der Waals surface area contributed by atoms with Crippen LogP contribution in [0.2, 0.25) is 5.02 Å². The van der Waals surface area contributed by atoms with E-state index in [1.807, 2.05) is 42.5 Å². The van der Waals surface area contributed by atoms with Gasteiger partial charge in [0.1, 0.15) is 17.3 Å². The van der Waals surface area contributed by atoms with Crippen LogP contribution < -0.4 is 10.1 Å². The molecule has 1 aliphatic heterocycles. The monoisotopic (exact) mass is 472 g/mol. The van der Waals surface area contributed by atoms with E-state index < -0.39 is 10.0 Å². The number of ether oxygens (including phenoxy) is 1. The molecule has 3 aromatic rings. The number of carbonyl (C=O) groups is 1. The Bertz CT molecular complexity index is 1220. The number of carbonyl (C=O) groups excluding carboxylic acids is 1. The zero-order chi connectivity index (χ0) is 22.6. The fraction of sp³-hybridized carbons (Fsp3) is 0.292. The van der Waals surface area contributed by atoms with E-state index >= 15 is 0 Å². The molecule has 0 saturated carbocycles. The third-order valence-corrected chi connectivity index (χ3v) is 7.90. The Kier molecular flexibility index (Phi) is 6.98. The molecule has 0 spiro atoms. The topological polar surface area (TPSA) is 75.7 Å². The maximum Gasteiger partial charge on any atom is 0.251 e. The molecule has 1 amide bonds. The van der Waals surface area contributed by atoms with E-state index in [4.69, 9.17) is 16.3 Å². The summed E-state index contributed by atoms with van der Waals surface area (Å²) >= 11 is 6.19. The van der Waals surface area contributed by atoms with Crippen molar-refractivity contribution >= 4 is 38.3 Å². The van der Waals surface area contributed by atoms with Crippen LogP contribution in [0.4, 0.5) is 0 Å². The average Bonchev–Trinajstić information content (AvgIpc) is 2.82.